The largest absolute Gasteiger partial charge is 0.390 e. The van der Waals surface area contributed by atoms with Crippen molar-refractivity contribution < 1.29 is 14.6 Å². The molecule has 5 nitrogen and oxygen atoms in total. The van der Waals surface area contributed by atoms with Crippen LogP contribution in [0.5, 0.6) is 0 Å². The molecule has 5 heteroatoms. The third-order valence-corrected chi connectivity index (χ3v) is 4.63. The minimum atomic E-state index is -0.767. The van der Waals surface area contributed by atoms with Gasteiger partial charge in [0, 0.05) is 26.7 Å². The number of aliphatic hydroxyl groups is 1. The van der Waals surface area contributed by atoms with Crippen LogP contribution in [-0.2, 0) is 16.1 Å². The van der Waals surface area contributed by atoms with Crippen LogP contribution in [0.3, 0.4) is 0 Å². The zero-order chi connectivity index (χ0) is 18.2. The summed E-state index contributed by atoms with van der Waals surface area (Å²) in [6.07, 6.45) is 2.63. The first-order valence-electron chi connectivity index (χ1n) is 8.93. The summed E-state index contributed by atoms with van der Waals surface area (Å²) < 4.78 is 5.95. The van der Waals surface area contributed by atoms with Gasteiger partial charge in [-0.05, 0) is 31.9 Å². The number of ether oxygens (including phenoxy) is 1. The summed E-state index contributed by atoms with van der Waals surface area (Å²) in [5.74, 6) is -0.152. The van der Waals surface area contributed by atoms with Crippen molar-refractivity contribution in [3.8, 4) is 0 Å². The molecule has 0 unspecified atom stereocenters. The lowest BCUT2D eigenvalue weighted by molar-refractivity contribution is -0.167. The fourth-order valence-corrected chi connectivity index (χ4v) is 3.14. The number of amides is 1. The maximum Gasteiger partial charge on any atom is 0.254 e. The third kappa shape index (κ3) is 5.96. The molecular formula is C20H30N2O3. The van der Waals surface area contributed by atoms with E-state index in [2.05, 4.69) is 11.5 Å². The van der Waals surface area contributed by atoms with Crippen molar-refractivity contribution in [2.45, 2.75) is 44.1 Å². The summed E-state index contributed by atoms with van der Waals surface area (Å²) in [4.78, 5) is 16.5. The average molecular weight is 346 g/mol. The number of benzene rings is 1. The summed E-state index contributed by atoms with van der Waals surface area (Å²) in [5, 5.41) is 10.2. The number of hydrogen-bond donors (Lipinski definition) is 1. The van der Waals surface area contributed by atoms with Crippen LogP contribution >= 0.6 is 0 Å². The molecule has 0 saturated carbocycles. The second kappa shape index (κ2) is 9.70. The van der Waals surface area contributed by atoms with Gasteiger partial charge in [-0.15, -0.1) is 6.58 Å². The van der Waals surface area contributed by atoms with E-state index in [0.717, 1.165) is 31.5 Å². The molecular weight excluding hydrogens is 316 g/mol. The molecule has 0 bridgehead atoms. The maximum atomic E-state index is 12.7. The van der Waals surface area contributed by atoms with Gasteiger partial charge in [0.1, 0.15) is 0 Å². The molecule has 0 spiro atoms. The van der Waals surface area contributed by atoms with Crippen LogP contribution in [0.2, 0.25) is 0 Å². The molecule has 1 N–H and O–H groups in total. The molecule has 1 amide bonds. The highest BCUT2D eigenvalue weighted by atomic mass is 16.5. The Bertz CT molecular complexity index is 549. The van der Waals surface area contributed by atoms with Gasteiger partial charge in [-0.1, -0.05) is 36.4 Å². The van der Waals surface area contributed by atoms with E-state index in [1.807, 2.05) is 43.5 Å². The molecule has 1 fully saturated rings. The van der Waals surface area contributed by atoms with E-state index in [1.165, 1.54) is 0 Å². The SMILES string of the molecule is C=CCN(C)CC[C@H]1CC[C@H](O)[C@@H](C(=O)N(C)Cc2ccccc2)O1. The topological polar surface area (TPSA) is 53.0 Å². The standard InChI is InChI=1S/C20H30N2O3/c1-4-13-21(2)14-12-17-10-11-18(23)19(25-17)20(24)22(3)15-16-8-6-5-7-9-16/h4-9,17-19,23H,1,10-15H2,2-3H3/t17-,18+,19+/m1/s1. The van der Waals surface area contributed by atoms with E-state index in [0.29, 0.717) is 13.0 Å². The number of carbonyl (C=O) groups excluding carboxylic acids is 1. The van der Waals surface area contributed by atoms with Gasteiger partial charge in [0.25, 0.3) is 5.91 Å². The molecule has 1 aromatic carbocycles. The van der Waals surface area contributed by atoms with Gasteiger partial charge in [-0.25, -0.2) is 0 Å². The van der Waals surface area contributed by atoms with Crippen molar-refractivity contribution in [1.29, 1.82) is 0 Å². The third-order valence-electron chi connectivity index (χ3n) is 4.63. The number of nitrogens with zero attached hydrogens (tertiary/aromatic N) is 2. The highest BCUT2D eigenvalue weighted by Gasteiger charge is 2.36. The zero-order valence-corrected chi connectivity index (χ0v) is 15.3. The number of carbonyl (C=O) groups is 1. The second-order valence-corrected chi connectivity index (χ2v) is 6.84. The molecule has 1 saturated heterocycles. The summed E-state index contributed by atoms with van der Waals surface area (Å²) >= 11 is 0. The Morgan fingerprint density at radius 1 is 1.32 bits per heavy atom. The fourth-order valence-electron chi connectivity index (χ4n) is 3.14. The lowest BCUT2D eigenvalue weighted by Gasteiger charge is -2.35. The molecule has 0 radical (unpaired) electrons. The molecule has 1 aliphatic heterocycles. The predicted molar refractivity (Wildman–Crippen MR) is 99.1 cm³/mol. The zero-order valence-electron chi connectivity index (χ0n) is 15.3. The quantitative estimate of drug-likeness (QED) is 0.732. The van der Waals surface area contributed by atoms with E-state index < -0.39 is 12.2 Å². The number of aliphatic hydroxyl groups excluding tert-OH is 1. The molecule has 0 aromatic heterocycles. The Labute approximate surface area is 150 Å². The number of likely N-dealkylation sites (N-methyl/N-ethyl adjacent to an activating group) is 2. The smallest absolute Gasteiger partial charge is 0.254 e. The van der Waals surface area contributed by atoms with Gasteiger partial charge in [-0.2, -0.15) is 0 Å². The van der Waals surface area contributed by atoms with E-state index in [-0.39, 0.29) is 12.0 Å². The lowest BCUT2D eigenvalue weighted by Crippen LogP contribution is -2.49. The van der Waals surface area contributed by atoms with Crippen molar-refractivity contribution in [2.75, 3.05) is 27.2 Å². The number of rotatable bonds is 8. The van der Waals surface area contributed by atoms with Crippen molar-refractivity contribution in [1.82, 2.24) is 9.80 Å². The van der Waals surface area contributed by atoms with Gasteiger partial charge < -0.3 is 19.6 Å². The molecule has 1 aromatic rings. The Morgan fingerprint density at radius 3 is 2.72 bits per heavy atom. The molecule has 3 atom stereocenters. The van der Waals surface area contributed by atoms with E-state index >= 15 is 0 Å². The predicted octanol–water partition coefficient (Wildman–Crippen LogP) is 2.06. The molecule has 1 heterocycles. The first kappa shape index (κ1) is 19.6. The first-order valence-corrected chi connectivity index (χ1v) is 8.93. The van der Waals surface area contributed by atoms with Crippen molar-refractivity contribution in [2.24, 2.45) is 0 Å². The highest BCUT2D eigenvalue weighted by molar-refractivity contribution is 5.81. The molecule has 2 rings (SSSR count). The van der Waals surface area contributed by atoms with Gasteiger partial charge in [0.15, 0.2) is 6.10 Å². The van der Waals surface area contributed by atoms with Crippen LogP contribution in [-0.4, -0.2) is 66.3 Å². The normalized spacial score (nSPS) is 23.4. The van der Waals surface area contributed by atoms with Crippen LogP contribution in [0.15, 0.2) is 43.0 Å². The van der Waals surface area contributed by atoms with Gasteiger partial charge in [0.2, 0.25) is 0 Å². The molecule has 25 heavy (non-hydrogen) atoms. The van der Waals surface area contributed by atoms with Crippen LogP contribution in [0.1, 0.15) is 24.8 Å². The summed E-state index contributed by atoms with van der Waals surface area (Å²) in [7, 11) is 3.79. The minimum absolute atomic E-state index is 0.00902. The summed E-state index contributed by atoms with van der Waals surface area (Å²) in [6, 6.07) is 9.83. The second-order valence-electron chi connectivity index (χ2n) is 6.84. The Balaban J connectivity index is 1.89. The average Bonchev–Trinajstić information content (AvgIpc) is 2.61. The summed E-state index contributed by atoms with van der Waals surface area (Å²) in [6.45, 7) is 5.96. The molecule has 1 aliphatic rings. The lowest BCUT2D eigenvalue weighted by atomic mass is 9.98. The van der Waals surface area contributed by atoms with E-state index in [1.54, 1.807) is 11.9 Å². The van der Waals surface area contributed by atoms with Gasteiger partial charge in [0.05, 0.1) is 12.2 Å². The minimum Gasteiger partial charge on any atom is -0.390 e. The van der Waals surface area contributed by atoms with Crippen molar-refractivity contribution >= 4 is 5.91 Å². The van der Waals surface area contributed by atoms with Crippen LogP contribution in [0.25, 0.3) is 0 Å². The van der Waals surface area contributed by atoms with Crippen LogP contribution in [0, 0.1) is 0 Å². The number of hydrogen-bond acceptors (Lipinski definition) is 4. The van der Waals surface area contributed by atoms with Crippen LogP contribution in [0.4, 0.5) is 0 Å². The first-order chi connectivity index (χ1) is 12.0. The summed E-state index contributed by atoms with van der Waals surface area (Å²) in [5.41, 5.74) is 1.06. The maximum absolute atomic E-state index is 12.7. The van der Waals surface area contributed by atoms with Crippen molar-refractivity contribution in [3.63, 3.8) is 0 Å². The van der Waals surface area contributed by atoms with E-state index in [9.17, 15) is 9.90 Å². The van der Waals surface area contributed by atoms with E-state index in [4.69, 9.17) is 4.74 Å². The van der Waals surface area contributed by atoms with Crippen LogP contribution < -0.4 is 0 Å². The van der Waals surface area contributed by atoms with Crippen molar-refractivity contribution in [3.05, 3.63) is 48.6 Å². The molecule has 138 valence electrons. The fraction of sp³-hybridized carbons (Fsp3) is 0.550. The van der Waals surface area contributed by atoms with Gasteiger partial charge >= 0.3 is 0 Å². The monoisotopic (exact) mass is 346 g/mol. The Morgan fingerprint density at radius 2 is 2.04 bits per heavy atom. The Hall–Kier alpha value is -1.69. The molecule has 0 aliphatic carbocycles. The Kier molecular flexibility index (Phi) is 7.62. The highest BCUT2D eigenvalue weighted by Crippen LogP contribution is 2.23. The van der Waals surface area contributed by atoms with Gasteiger partial charge in [-0.3, -0.25) is 4.79 Å².